The maximum atomic E-state index is 11.9. The molecule has 2 heterocycles. The first kappa shape index (κ1) is 13.4. The lowest BCUT2D eigenvalue weighted by atomic mass is 10.1. The second-order valence-electron chi connectivity index (χ2n) is 4.42. The third-order valence-electron chi connectivity index (χ3n) is 3.08. The summed E-state index contributed by atoms with van der Waals surface area (Å²) >= 11 is 7.07. The molecule has 4 nitrogen and oxygen atoms in total. The number of likely N-dealkylation sites (tertiary alicyclic amines) is 1. The van der Waals surface area contributed by atoms with E-state index in [1.807, 2.05) is 0 Å². The van der Waals surface area contributed by atoms with Crippen LogP contribution in [0.2, 0.25) is 4.34 Å². The van der Waals surface area contributed by atoms with Crippen LogP contribution in [0.1, 0.15) is 28.9 Å². The number of carbonyl (C=O) groups excluding carboxylic acids is 2. The third-order valence-corrected chi connectivity index (χ3v) is 4.31. The number of carbonyl (C=O) groups is 2. The fourth-order valence-electron chi connectivity index (χ4n) is 1.94. The summed E-state index contributed by atoms with van der Waals surface area (Å²) in [5.74, 6) is 0.0415. The molecule has 1 aromatic rings. The van der Waals surface area contributed by atoms with E-state index < -0.39 is 0 Å². The topological polar surface area (TPSA) is 49.4 Å². The van der Waals surface area contributed by atoms with Crippen molar-refractivity contribution in [2.45, 2.75) is 25.3 Å². The Bertz CT molecular complexity index is 461. The molecular weight excluding hydrogens is 272 g/mol. The first-order chi connectivity index (χ1) is 8.56. The van der Waals surface area contributed by atoms with E-state index >= 15 is 0 Å². The lowest BCUT2D eigenvalue weighted by molar-refractivity contribution is -0.129. The summed E-state index contributed by atoms with van der Waals surface area (Å²) in [4.78, 5) is 25.8. The van der Waals surface area contributed by atoms with Crippen LogP contribution in [-0.4, -0.2) is 36.3 Å². The molecule has 1 aliphatic heterocycles. The lowest BCUT2D eigenvalue weighted by Gasteiger charge is -2.16. The molecule has 1 N–H and O–H groups in total. The Morgan fingerprint density at radius 3 is 2.94 bits per heavy atom. The van der Waals surface area contributed by atoms with E-state index in [1.54, 1.807) is 24.1 Å². The minimum absolute atomic E-state index is 0.0623. The minimum atomic E-state index is -0.103. The largest absolute Gasteiger partial charge is 0.349 e. The second kappa shape index (κ2) is 5.71. The van der Waals surface area contributed by atoms with E-state index in [9.17, 15) is 9.59 Å². The fraction of sp³-hybridized carbons (Fsp3) is 0.500. The smallest absolute Gasteiger partial charge is 0.261 e. The molecule has 1 aromatic heterocycles. The van der Waals surface area contributed by atoms with Crippen LogP contribution >= 0.6 is 22.9 Å². The molecule has 18 heavy (non-hydrogen) atoms. The highest BCUT2D eigenvalue weighted by atomic mass is 35.5. The summed E-state index contributed by atoms with van der Waals surface area (Å²) in [6.07, 6.45) is 1.99. The number of thiophene rings is 1. The average molecular weight is 287 g/mol. The Labute approximate surface area is 115 Å². The number of hydrogen-bond acceptors (Lipinski definition) is 3. The summed E-state index contributed by atoms with van der Waals surface area (Å²) in [7, 11) is 1.80. The van der Waals surface area contributed by atoms with E-state index in [4.69, 9.17) is 11.6 Å². The van der Waals surface area contributed by atoms with Crippen molar-refractivity contribution >= 4 is 34.8 Å². The molecule has 2 amide bonds. The quantitative estimate of drug-likeness (QED) is 0.905. The van der Waals surface area contributed by atoms with Gasteiger partial charge in [0.2, 0.25) is 5.91 Å². The summed E-state index contributed by atoms with van der Waals surface area (Å²) in [5, 5.41) is 2.96. The van der Waals surface area contributed by atoms with Crippen LogP contribution < -0.4 is 5.32 Å². The first-order valence-corrected chi connectivity index (χ1v) is 7.06. The van der Waals surface area contributed by atoms with Crippen LogP contribution in [0.25, 0.3) is 0 Å². The van der Waals surface area contributed by atoms with Crippen molar-refractivity contribution in [3.63, 3.8) is 0 Å². The van der Waals surface area contributed by atoms with Gasteiger partial charge in [0.1, 0.15) is 0 Å². The monoisotopic (exact) mass is 286 g/mol. The third kappa shape index (κ3) is 3.23. The fourth-order valence-corrected chi connectivity index (χ4v) is 2.89. The van der Waals surface area contributed by atoms with Crippen LogP contribution in [-0.2, 0) is 4.79 Å². The Kier molecular flexibility index (Phi) is 4.24. The Balaban J connectivity index is 1.93. The van der Waals surface area contributed by atoms with Gasteiger partial charge in [0.15, 0.2) is 0 Å². The molecule has 6 heteroatoms. The number of nitrogens with one attached hydrogen (secondary N) is 1. The molecular formula is C12H15ClN2O2S. The molecule has 0 radical (unpaired) electrons. The van der Waals surface area contributed by atoms with Crippen molar-refractivity contribution in [1.82, 2.24) is 10.2 Å². The van der Waals surface area contributed by atoms with Gasteiger partial charge in [0.25, 0.3) is 5.91 Å². The van der Waals surface area contributed by atoms with Crippen LogP contribution in [0.3, 0.4) is 0 Å². The molecule has 0 aliphatic carbocycles. The van der Waals surface area contributed by atoms with Gasteiger partial charge in [-0.3, -0.25) is 9.59 Å². The summed E-state index contributed by atoms with van der Waals surface area (Å²) < 4.78 is 0.607. The van der Waals surface area contributed by atoms with Gasteiger partial charge in [-0.15, -0.1) is 11.3 Å². The average Bonchev–Trinajstić information content (AvgIpc) is 2.71. The highest BCUT2D eigenvalue weighted by Gasteiger charge is 2.21. The maximum absolute atomic E-state index is 11.9. The van der Waals surface area contributed by atoms with Crippen molar-refractivity contribution in [2.75, 3.05) is 13.6 Å². The summed E-state index contributed by atoms with van der Waals surface area (Å²) in [6.45, 7) is 0.689. The van der Waals surface area contributed by atoms with E-state index in [0.717, 1.165) is 6.42 Å². The molecule has 0 aromatic carbocycles. The van der Waals surface area contributed by atoms with E-state index in [0.29, 0.717) is 28.6 Å². The highest BCUT2D eigenvalue weighted by molar-refractivity contribution is 7.17. The van der Waals surface area contributed by atoms with Gasteiger partial charge >= 0.3 is 0 Å². The Morgan fingerprint density at radius 2 is 2.28 bits per heavy atom. The molecule has 98 valence electrons. The van der Waals surface area contributed by atoms with Crippen LogP contribution in [0.15, 0.2) is 12.1 Å². The van der Waals surface area contributed by atoms with Gasteiger partial charge < -0.3 is 10.2 Å². The van der Waals surface area contributed by atoms with Crippen molar-refractivity contribution in [1.29, 1.82) is 0 Å². The predicted molar refractivity (Wildman–Crippen MR) is 72.1 cm³/mol. The molecule has 0 bridgehead atoms. The predicted octanol–water partition coefficient (Wildman–Crippen LogP) is 2.14. The Morgan fingerprint density at radius 1 is 1.50 bits per heavy atom. The zero-order valence-electron chi connectivity index (χ0n) is 10.1. The van der Waals surface area contributed by atoms with Crippen molar-refractivity contribution < 1.29 is 9.59 Å². The SMILES string of the molecule is CN1CCC(NC(=O)c2ccc(Cl)s2)CCC1=O. The Hall–Kier alpha value is -1.07. The van der Waals surface area contributed by atoms with Gasteiger partial charge in [-0.05, 0) is 25.0 Å². The first-order valence-electron chi connectivity index (χ1n) is 5.86. The van der Waals surface area contributed by atoms with Gasteiger partial charge in [-0.25, -0.2) is 0 Å². The van der Waals surface area contributed by atoms with Gasteiger partial charge in [-0.1, -0.05) is 11.6 Å². The zero-order valence-corrected chi connectivity index (χ0v) is 11.7. The molecule has 1 atom stereocenters. The van der Waals surface area contributed by atoms with Crippen LogP contribution in [0.4, 0.5) is 0 Å². The molecule has 1 unspecified atom stereocenters. The van der Waals surface area contributed by atoms with E-state index in [2.05, 4.69) is 5.32 Å². The van der Waals surface area contributed by atoms with Gasteiger partial charge in [-0.2, -0.15) is 0 Å². The summed E-state index contributed by atoms with van der Waals surface area (Å²) in [5.41, 5.74) is 0. The number of halogens is 1. The standard InChI is InChI=1S/C12H15ClN2O2S/c1-15-7-6-8(2-5-11(15)16)14-12(17)9-3-4-10(13)18-9/h3-4,8H,2,5-7H2,1H3,(H,14,17). The van der Waals surface area contributed by atoms with E-state index in [1.165, 1.54) is 11.3 Å². The zero-order chi connectivity index (χ0) is 13.1. The number of nitrogens with zero attached hydrogens (tertiary/aromatic N) is 1. The molecule has 1 fully saturated rings. The molecule has 0 saturated carbocycles. The van der Waals surface area contributed by atoms with Gasteiger partial charge in [0, 0.05) is 26.1 Å². The molecule has 1 aliphatic rings. The van der Waals surface area contributed by atoms with Gasteiger partial charge in [0.05, 0.1) is 9.21 Å². The normalized spacial score (nSPS) is 20.7. The van der Waals surface area contributed by atoms with Crippen LogP contribution in [0.5, 0.6) is 0 Å². The summed E-state index contributed by atoms with van der Waals surface area (Å²) in [6, 6.07) is 3.49. The maximum Gasteiger partial charge on any atom is 0.261 e. The van der Waals surface area contributed by atoms with Crippen molar-refractivity contribution in [3.05, 3.63) is 21.3 Å². The second-order valence-corrected chi connectivity index (χ2v) is 6.13. The highest BCUT2D eigenvalue weighted by Crippen LogP contribution is 2.21. The van der Waals surface area contributed by atoms with E-state index in [-0.39, 0.29) is 17.9 Å². The molecule has 1 saturated heterocycles. The molecule has 0 spiro atoms. The number of hydrogen-bond donors (Lipinski definition) is 1. The van der Waals surface area contributed by atoms with Crippen molar-refractivity contribution in [3.8, 4) is 0 Å². The number of amides is 2. The lowest BCUT2D eigenvalue weighted by Crippen LogP contribution is -2.35. The van der Waals surface area contributed by atoms with Crippen LogP contribution in [0, 0.1) is 0 Å². The van der Waals surface area contributed by atoms with Crippen molar-refractivity contribution in [2.24, 2.45) is 0 Å². The number of rotatable bonds is 2. The molecule has 2 rings (SSSR count). The minimum Gasteiger partial charge on any atom is -0.349 e.